The van der Waals surface area contributed by atoms with Crippen LogP contribution in [0, 0.1) is 5.92 Å². The fourth-order valence-electron chi connectivity index (χ4n) is 3.60. The van der Waals surface area contributed by atoms with Gasteiger partial charge >= 0.3 is 6.09 Å². The summed E-state index contributed by atoms with van der Waals surface area (Å²) in [6, 6.07) is 7.35. The van der Waals surface area contributed by atoms with Crippen LogP contribution < -0.4 is 10.2 Å². The standard InChI is InChI=1S/C20H28N2O4/c1-20(2,3)26-19(24)21-17(15-9-12-25-13-10-15)18(23)22-11-8-14-6-4-5-7-16(14)22/h4-7,15,17H,8-13H2,1-3H3,(H,21,24)/t17-/m0/s1. The van der Waals surface area contributed by atoms with E-state index in [4.69, 9.17) is 9.47 Å². The number of para-hydroxylation sites is 1. The van der Waals surface area contributed by atoms with E-state index in [0.29, 0.717) is 19.8 Å². The number of fused-ring (bicyclic) bond motifs is 1. The van der Waals surface area contributed by atoms with Crippen LogP contribution in [0.5, 0.6) is 0 Å². The van der Waals surface area contributed by atoms with E-state index in [1.165, 1.54) is 5.56 Å². The molecule has 0 bridgehead atoms. The fraction of sp³-hybridized carbons (Fsp3) is 0.600. The largest absolute Gasteiger partial charge is 0.444 e. The van der Waals surface area contributed by atoms with Crippen LogP contribution in [0.3, 0.4) is 0 Å². The number of nitrogens with one attached hydrogen (secondary N) is 1. The number of anilines is 1. The minimum atomic E-state index is -0.604. The Balaban J connectivity index is 1.78. The summed E-state index contributed by atoms with van der Waals surface area (Å²) < 4.78 is 10.8. The van der Waals surface area contributed by atoms with E-state index in [0.717, 1.165) is 24.9 Å². The van der Waals surface area contributed by atoms with Gasteiger partial charge in [0, 0.05) is 25.4 Å². The molecule has 1 aromatic rings. The number of carbonyl (C=O) groups is 2. The molecule has 1 saturated heterocycles. The Labute approximate surface area is 154 Å². The van der Waals surface area contributed by atoms with Crippen LogP contribution in [0.2, 0.25) is 0 Å². The quantitative estimate of drug-likeness (QED) is 0.900. The van der Waals surface area contributed by atoms with Crippen LogP contribution in [-0.2, 0) is 20.7 Å². The van der Waals surface area contributed by atoms with E-state index in [1.807, 2.05) is 45.0 Å². The average molecular weight is 360 g/mol. The summed E-state index contributed by atoms with van der Waals surface area (Å²) in [4.78, 5) is 27.5. The highest BCUT2D eigenvalue weighted by Crippen LogP contribution is 2.30. The van der Waals surface area contributed by atoms with Crippen LogP contribution >= 0.6 is 0 Å². The first-order valence-electron chi connectivity index (χ1n) is 9.32. The number of alkyl carbamates (subject to hydrolysis) is 1. The Morgan fingerprint density at radius 3 is 2.62 bits per heavy atom. The molecule has 2 heterocycles. The summed E-state index contributed by atoms with van der Waals surface area (Å²) in [5, 5.41) is 2.84. The Kier molecular flexibility index (Phi) is 5.51. The van der Waals surface area contributed by atoms with Gasteiger partial charge in [0.25, 0.3) is 0 Å². The topological polar surface area (TPSA) is 67.9 Å². The molecule has 1 fully saturated rings. The van der Waals surface area contributed by atoms with Gasteiger partial charge in [0.05, 0.1) is 0 Å². The number of rotatable bonds is 3. The van der Waals surface area contributed by atoms with E-state index in [9.17, 15) is 9.59 Å². The third kappa shape index (κ3) is 4.36. The minimum absolute atomic E-state index is 0.0523. The first kappa shape index (κ1) is 18.7. The van der Waals surface area contributed by atoms with Crippen molar-refractivity contribution in [3.63, 3.8) is 0 Å². The molecule has 1 aromatic carbocycles. The number of benzene rings is 1. The van der Waals surface area contributed by atoms with Crippen LogP contribution in [-0.4, -0.2) is 43.4 Å². The van der Waals surface area contributed by atoms with Crippen molar-refractivity contribution in [3.05, 3.63) is 29.8 Å². The van der Waals surface area contributed by atoms with Crippen molar-refractivity contribution in [1.29, 1.82) is 0 Å². The first-order valence-corrected chi connectivity index (χ1v) is 9.32. The second kappa shape index (κ2) is 7.66. The summed E-state index contributed by atoms with van der Waals surface area (Å²) in [7, 11) is 0. The van der Waals surface area contributed by atoms with Gasteiger partial charge in [-0.3, -0.25) is 4.79 Å². The lowest BCUT2D eigenvalue weighted by atomic mass is 9.90. The van der Waals surface area contributed by atoms with Gasteiger partial charge in [-0.05, 0) is 57.6 Å². The SMILES string of the molecule is CC(C)(C)OC(=O)N[C@H](C(=O)N1CCc2ccccc21)C1CCOCC1. The number of hydrogen-bond acceptors (Lipinski definition) is 4. The first-order chi connectivity index (χ1) is 12.3. The molecule has 0 unspecified atom stereocenters. The Hall–Kier alpha value is -2.08. The molecule has 6 nitrogen and oxygen atoms in total. The third-order valence-electron chi connectivity index (χ3n) is 4.83. The van der Waals surface area contributed by atoms with E-state index < -0.39 is 17.7 Å². The number of carbonyl (C=O) groups excluding carboxylic acids is 2. The second-order valence-corrected chi connectivity index (χ2v) is 7.94. The number of nitrogens with zero attached hydrogens (tertiary/aromatic N) is 1. The van der Waals surface area contributed by atoms with Crippen LogP contribution in [0.15, 0.2) is 24.3 Å². The molecule has 2 amide bonds. The molecular formula is C20H28N2O4. The molecule has 2 aliphatic rings. The molecule has 1 N–H and O–H groups in total. The summed E-state index contributed by atoms with van der Waals surface area (Å²) in [5.74, 6) is -0.00996. The Morgan fingerprint density at radius 1 is 1.23 bits per heavy atom. The van der Waals surface area contributed by atoms with Crippen molar-refractivity contribution < 1.29 is 19.1 Å². The molecule has 0 aromatic heterocycles. The number of ether oxygens (including phenoxy) is 2. The van der Waals surface area contributed by atoms with Crippen molar-refractivity contribution in [2.45, 2.75) is 51.7 Å². The maximum atomic E-state index is 13.3. The summed E-state index contributed by atoms with van der Waals surface area (Å²) in [6.45, 7) is 7.31. The van der Waals surface area contributed by atoms with Gasteiger partial charge in [-0.15, -0.1) is 0 Å². The van der Waals surface area contributed by atoms with Gasteiger partial charge in [-0.2, -0.15) is 0 Å². The van der Waals surface area contributed by atoms with E-state index in [2.05, 4.69) is 5.32 Å². The highest BCUT2D eigenvalue weighted by Gasteiger charge is 2.37. The molecule has 3 rings (SSSR count). The van der Waals surface area contributed by atoms with Gasteiger partial charge in [0.2, 0.25) is 5.91 Å². The lowest BCUT2D eigenvalue weighted by Gasteiger charge is -2.33. The molecular weight excluding hydrogens is 332 g/mol. The van der Waals surface area contributed by atoms with Crippen LogP contribution in [0.1, 0.15) is 39.2 Å². The van der Waals surface area contributed by atoms with Gasteiger partial charge in [0.15, 0.2) is 0 Å². The van der Waals surface area contributed by atoms with Crippen LogP contribution in [0.25, 0.3) is 0 Å². The lowest BCUT2D eigenvalue weighted by Crippen LogP contribution is -2.54. The molecule has 0 saturated carbocycles. The summed E-state index contributed by atoms with van der Waals surface area (Å²) in [6.07, 6.45) is 1.80. The molecule has 2 aliphatic heterocycles. The van der Waals surface area contributed by atoms with Crippen molar-refractivity contribution in [3.8, 4) is 0 Å². The normalized spacial score (nSPS) is 19.0. The molecule has 0 spiro atoms. The molecule has 6 heteroatoms. The zero-order chi connectivity index (χ0) is 18.7. The van der Waals surface area contributed by atoms with E-state index >= 15 is 0 Å². The zero-order valence-corrected chi connectivity index (χ0v) is 15.8. The average Bonchev–Trinajstić information content (AvgIpc) is 3.02. The number of hydrogen-bond donors (Lipinski definition) is 1. The second-order valence-electron chi connectivity index (χ2n) is 7.94. The van der Waals surface area contributed by atoms with Gasteiger partial charge < -0.3 is 19.7 Å². The molecule has 1 atom stereocenters. The summed E-state index contributed by atoms with van der Waals surface area (Å²) >= 11 is 0. The smallest absolute Gasteiger partial charge is 0.408 e. The fourth-order valence-corrected chi connectivity index (χ4v) is 3.60. The van der Waals surface area contributed by atoms with Crippen molar-refractivity contribution >= 4 is 17.7 Å². The van der Waals surface area contributed by atoms with Gasteiger partial charge in [-0.1, -0.05) is 18.2 Å². The lowest BCUT2D eigenvalue weighted by molar-refractivity contribution is -0.122. The molecule has 26 heavy (non-hydrogen) atoms. The molecule has 142 valence electrons. The van der Waals surface area contributed by atoms with Gasteiger partial charge in [0.1, 0.15) is 11.6 Å². The Morgan fingerprint density at radius 2 is 1.92 bits per heavy atom. The zero-order valence-electron chi connectivity index (χ0n) is 15.8. The van der Waals surface area contributed by atoms with E-state index in [1.54, 1.807) is 4.90 Å². The molecule has 0 aliphatic carbocycles. The predicted molar refractivity (Wildman–Crippen MR) is 99.2 cm³/mol. The maximum absolute atomic E-state index is 13.3. The van der Waals surface area contributed by atoms with E-state index in [-0.39, 0.29) is 11.8 Å². The minimum Gasteiger partial charge on any atom is -0.444 e. The van der Waals surface area contributed by atoms with Crippen molar-refractivity contribution in [2.75, 3.05) is 24.7 Å². The number of amides is 2. The highest BCUT2D eigenvalue weighted by atomic mass is 16.6. The third-order valence-corrected chi connectivity index (χ3v) is 4.83. The highest BCUT2D eigenvalue weighted by molar-refractivity contribution is 6.00. The van der Waals surface area contributed by atoms with Crippen molar-refractivity contribution in [1.82, 2.24) is 5.32 Å². The van der Waals surface area contributed by atoms with Crippen LogP contribution in [0.4, 0.5) is 10.5 Å². The Bertz CT molecular complexity index is 662. The van der Waals surface area contributed by atoms with Crippen molar-refractivity contribution in [2.24, 2.45) is 5.92 Å². The molecule has 0 radical (unpaired) electrons. The maximum Gasteiger partial charge on any atom is 0.408 e. The monoisotopic (exact) mass is 360 g/mol. The predicted octanol–water partition coefficient (Wildman–Crippen LogP) is 2.90. The van der Waals surface area contributed by atoms with Gasteiger partial charge in [-0.25, -0.2) is 4.79 Å². The summed E-state index contributed by atoms with van der Waals surface area (Å²) in [5.41, 5.74) is 1.51.